The fraction of sp³-hybridized carbons (Fsp3) is 0.263. The van der Waals surface area contributed by atoms with Gasteiger partial charge in [0.15, 0.2) is 5.13 Å². The van der Waals surface area contributed by atoms with Crippen molar-refractivity contribution in [3.63, 3.8) is 0 Å². The molecular formula is C19H21N3O4S2. The minimum Gasteiger partial charge on any atom is -0.497 e. The van der Waals surface area contributed by atoms with Crippen LogP contribution < -0.4 is 14.8 Å². The van der Waals surface area contributed by atoms with Crippen molar-refractivity contribution in [2.45, 2.75) is 25.2 Å². The Balaban J connectivity index is 1.59. The number of nitrogens with one attached hydrogen (secondary N) is 2. The molecule has 1 aromatic heterocycles. The molecule has 0 atom stereocenters. The van der Waals surface area contributed by atoms with Gasteiger partial charge in [-0.25, -0.2) is 18.1 Å². The number of thiazole rings is 1. The third-order valence-corrected chi connectivity index (χ3v) is 6.66. The molecule has 0 radical (unpaired) electrons. The Hall–Kier alpha value is -2.49. The number of fused-ring (bicyclic) bond motifs is 1. The molecule has 7 nitrogen and oxygen atoms in total. The van der Waals surface area contributed by atoms with Gasteiger partial charge in [0.25, 0.3) is 0 Å². The minimum atomic E-state index is -3.67. The maximum Gasteiger partial charge on any atom is 0.240 e. The lowest BCUT2D eigenvalue weighted by atomic mass is 10.2. The van der Waals surface area contributed by atoms with E-state index in [0.717, 1.165) is 21.5 Å². The van der Waals surface area contributed by atoms with E-state index in [0.29, 0.717) is 10.7 Å². The van der Waals surface area contributed by atoms with E-state index in [1.807, 2.05) is 25.1 Å². The molecule has 0 saturated heterocycles. The Morgan fingerprint density at radius 2 is 1.96 bits per heavy atom. The highest BCUT2D eigenvalue weighted by molar-refractivity contribution is 7.89. The molecule has 1 heterocycles. The monoisotopic (exact) mass is 419 g/mol. The van der Waals surface area contributed by atoms with Gasteiger partial charge in [0.2, 0.25) is 15.9 Å². The number of rotatable bonds is 7. The number of hydrogen-bond acceptors (Lipinski definition) is 6. The molecule has 2 N–H and O–H groups in total. The third kappa shape index (κ3) is 4.67. The van der Waals surface area contributed by atoms with Gasteiger partial charge in [-0.3, -0.25) is 4.79 Å². The summed E-state index contributed by atoms with van der Waals surface area (Å²) in [5, 5.41) is 3.17. The van der Waals surface area contributed by atoms with Crippen molar-refractivity contribution >= 4 is 42.6 Å². The molecule has 1 amide bonds. The molecule has 0 saturated carbocycles. The van der Waals surface area contributed by atoms with Crippen LogP contribution in [0.1, 0.15) is 17.5 Å². The largest absolute Gasteiger partial charge is 0.497 e. The average Bonchev–Trinajstić information content (AvgIpc) is 3.04. The maximum absolute atomic E-state index is 12.5. The number of aryl methyl sites for hydroxylation is 2. The van der Waals surface area contributed by atoms with Crippen molar-refractivity contribution < 1.29 is 17.9 Å². The van der Waals surface area contributed by atoms with Crippen LogP contribution in [0.25, 0.3) is 10.2 Å². The van der Waals surface area contributed by atoms with Gasteiger partial charge < -0.3 is 10.1 Å². The van der Waals surface area contributed by atoms with Crippen molar-refractivity contribution in [3.05, 3.63) is 47.5 Å². The highest BCUT2D eigenvalue weighted by atomic mass is 32.2. The van der Waals surface area contributed by atoms with Crippen LogP contribution in [0.2, 0.25) is 0 Å². The van der Waals surface area contributed by atoms with Crippen LogP contribution in [0, 0.1) is 13.8 Å². The van der Waals surface area contributed by atoms with E-state index in [1.54, 1.807) is 32.2 Å². The first-order valence-corrected chi connectivity index (χ1v) is 10.9. The van der Waals surface area contributed by atoms with Gasteiger partial charge in [-0.1, -0.05) is 23.5 Å². The first-order chi connectivity index (χ1) is 13.3. The van der Waals surface area contributed by atoms with E-state index in [2.05, 4.69) is 15.0 Å². The van der Waals surface area contributed by atoms with E-state index in [4.69, 9.17) is 4.74 Å². The van der Waals surface area contributed by atoms with Gasteiger partial charge in [0.1, 0.15) is 5.75 Å². The predicted molar refractivity (Wildman–Crippen MR) is 111 cm³/mol. The number of benzene rings is 2. The van der Waals surface area contributed by atoms with E-state index in [9.17, 15) is 13.2 Å². The number of ether oxygens (including phenoxy) is 1. The molecule has 0 spiro atoms. The van der Waals surface area contributed by atoms with E-state index in [-0.39, 0.29) is 23.8 Å². The summed E-state index contributed by atoms with van der Waals surface area (Å²) >= 11 is 1.33. The molecule has 0 aliphatic carbocycles. The molecule has 3 rings (SSSR count). The molecule has 28 heavy (non-hydrogen) atoms. The predicted octanol–water partition coefficient (Wildman–Crippen LogP) is 3.23. The van der Waals surface area contributed by atoms with Crippen LogP contribution in [0.15, 0.2) is 41.3 Å². The smallest absolute Gasteiger partial charge is 0.240 e. The van der Waals surface area contributed by atoms with Crippen LogP contribution in [0.5, 0.6) is 5.75 Å². The number of anilines is 1. The number of amides is 1. The lowest BCUT2D eigenvalue weighted by Gasteiger charge is -2.10. The zero-order valence-electron chi connectivity index (χ0n) is 15.8. The minimum absolute atomic E-state index is 0.000264. The standard InChI is InChI=1S/C19H21N3O4S2/c1-12-4-5-13(2)17(10-12)28(24,25)20-9-8-18(23)22-19-21-15-7-6-14(26-3)11-16(15)27-19/h4-7,10-11,20H,8-9H2,1-3H3,(H,21,22,23). The van der Waals surface area contributed by atoms with Gasteiger partial charge in [0.05, 0.1) is 22.2 Å². The number of hydrogen-bond donors (Lipinski definition) is 2. The normalized spacial score (nSPS) is 11.5. The third-order valence-electron chi connectivity index (χ3n) is 4.12. The summed E-state index contributed by atoms with van der Waals surface area (Å²) < 4.78 is 33.5. The second-order valence-corrected chi connectivity index (χ2v) is 9.08. The molecular weight excluding hydrogens is 398 g/mol. The van der Waals surface area contributed by atoms with Gasteiger partial charge in [0, 0.05) is 13.0 Å². The van der Waals surface area contributed by atoms with Crippen LogP contribution in [0.3, 0.4) is 0 Å². The lowest BCUT2D eigenvalue weighted by Crippen LogP contribution is -2.28. The van der Waals surface area contributed by atoms with Crippen LogP contribution in [-0.4, -0.2) is 33.0 Å². The zero-order valence-corrected chi connectivity index (χ0v) is 17.4. The second kappa shape index (κ2) is 8.26. The Labute approximate surface area is 167 Å². The first-order valence-electron chi connectivity index (χ1n) is 8.60. The Morgan fingerprint density at radius 3 is 2.71 bits per heavy atom. The van der Waals surface area contributed by atoms with Crippen molar-refractivity contribution in [2.24, 2.45) is 0 Å². The maximum atomic E-state index is 12.5. The summed E-state index contributed by atoms with van der Waals surface area (Å²) in [5.41, 5.74) is 2.28. The Bertz CT molecular complexity index is 1120. The Morgan fingerprint density at radius 1 is 1.18 bits per heavy atom. The second-order valence-electron chi connectivity index (χ2n) is 6.32. The van der Waals surface area contributed by atoms with Crippen molar-refractivity contribution in [2.75, 3.05) is 19.0 Å². The summed E-state index contributed by atoms with van der Waals surface area (Å²) in [4.78, 5) is 16.7. The fourth-order valence-corrected chi connectivity index (χ4v) is 4.91. The summed E-state index contributed by atoms with van der Waals surface area (Å²) in [5.74, 6) is 0.407. The number of methoxy groups -OCH3 is 1. The number of nitrogens with zero attached hydrogens (tertiary/aromatic N) is 1. The summed E-state index contributed by atoms with van der Waals surface area (Å²) in [6.45, 7) is 3.57. The molecule has 0 fully saturated rings. The van der Waals surface area contributed by atoms with Crippen LogP contribution >= 0.6 is 11.3 Å². The molecule has 148 valence electrons. The number of carbonyl (C=O) groups is 1. The average molecular weight is 420 g/mol. The topological polar surface area (TPSA) is 97.4 Å². The molecule has 0 aliphatic rings. The van der Waals surface area contributed by atoms with Gasteiger partial charge >= 0.3 is 0 Å². The summed E-state index contributed by atoms with van der Waals surface area (Å²) in [7, 11) is -2.08. The first kappa shape index (κ1) is 20.2. The molecule has 9 heteroatoms. The fourth-order valence-electron chi connectivity index (χ4n) is 2.64. The van der Waals surface area contributed by atoms with Crippen molar-refractivity contribution in [3.8, 4) is 5.75 Å². The summed E-state index contributed by atoms with van der Waals surface area (Å²) in [6.07, 6.45) is 0.00331. The number of sulfonamides is 1. The van der Waals surface area contributed by atoms with Crippen LogP contribution in [0.4, 0.5) is 5.13 Å². The van der Waals surface area contributed by atoms with Crippen molar-refractivity contribution in [1.82, 2.24) is 9.71 Å². The van der Waals surface area contributed by atoms with Crippen LogP contribution in [-0.2, 0) is 14.8 Å². The number of aromatic nitrogens is 1. The van der Waals surface area contributed by atoms with Gasteiger partial charge in [-0.15, -0.1) is 0 Å². The highest BCUT2D eigenvalue weighted by Crippen LogP contribution is 2.29. The SMILES string of the molecule is COc1ccc2nc(NC(=O)CCNS(=O)(=O)c3cc(C)ccc3C)sc2c1. The van der Waals surface area contributed by atoms with E-state index < -0.39 is 10.0 Å². The summed E-state index contributed by atoms with van der Waals surface area (Å²) in [6, 6.07) is 10.7. The van der Waals surface area contributed by atoms with Crippen molar-refractivity contribution in [1.29, 1.82) is 0 Å². The molecule has 0 bridgehead atoms. The Kier molecular flexibility index (Phi) is 5.97. The van der Waals surface area contributed by atoms with E-state index in [1.165, 1.54) is 11.3 Å². The molecule has 0 unspecified atom stereocenters. The van der Waals surface area contributed by atoms with Gasteiger partial charge in [-0.2, -0.15) is 0 Å². The van der Waals surface area contributed by atoms with E-state index >= 15 is 0 Å². The highest BCUT2D eigenvalue weighted by Gasteiger charge is 2.17. The lowest BCUT2D eigenvalue weighted by molar-refractivity contribution is -0.116. The quantitative estimate of drug-likeness (QED) is 0.613. The molecule has 3 aromatic rings. The molecule has 2 aromatic carbocycles. The van der Waals surface area contributed by atoms with Gasteiger partial charge in [-0.05, 0) is 49.2 Å². The zero-order chi connectivity index (χ0) is 20.3. The number of carbonyl (C=O) groups excluding carboxylic acids is 1. The molecule has 0 aliphatic heterocycles.